The van der Waals surface area contributed by atoms with Crippen LogP contribution in [0.15, 0.2) is 84.9 Å². The van der Waals surface area contributed by atoms with Crippen molar-refractivity contribution < 1.29 is 19.7 Å². The SMILES string of the molecule is NC(Cc1ccccc1)C(O)CC(Cc1ccc(OCc2ccccc2)cc1)C(=O)O. The molecule has 0 aromatic heterocycles. The summed E-state index contributed by atoms with van der Waals surface area (Å²) in [6.07, 6.45) is 0.0376. The Bertz CT molecular complexity index is 929. The van der Waals surface area contributed by atoms with Gasteiger partial charge < -0.3 is 20.7 Å². The summed E-state index contributed by atoms with van der Waals surface area (Å²) in [5, 5.41) is 20.1. The molecule has 0 spiro atoms. The lowest BCUT2D eigenvalue weighted by molar-refractivity contribution is -0.142. The van der Waals surface area contributed by atoms with Crippen LogP contribution in [0.5, 0.6) is 5.75 Å². The molecule has 0 fully saturated rings. The molecule has 162 valence electrons. The van der Waals surface area contributed by atoms with Gasteiger partial charge >= 0.3 is 5.97 Å². The van der Waals surface area contributed by atoms with Crippen LogP contribution in [0.1, 0.15) is 23.1 Å². The molecule has 0 radical (unpaired) electrons. The van der Waals surface area contributed by atoms with Gasteiger partial charge in [-0.3, -0.25) is 4.79 Å². The van der Waals surface area contributed by atoms with Crippen molar-refractivity contribution in [3.63, 3.8) is 0 Å². The van der Waals surface area contributed by atoms with E-state index in [4.69, 9.17) is 10.5 Å². The van der Waals surface area contributed by atoms with Gasteiger partial charge in [0, 0.05) is 6.04 Å². The lowest BCUT2D eigenvalue weighted by Crippen LogP contribution is -2.39. The summed E-state index contributed by atoms with van der Waals surface area (Å²) in [5.41, 5.74) is 9.11. The van der Waals surface area contributed by atoms with Crippen LogP contribution in [0.3, 0.4) is 0 Å². The molecule has 4 N–H and O–H groups in total. The molecule has 3 aromatic carbocycles. The summed E-state index contributed by atoms with van der Waals surface area (Å²) in [6, 6.07) is 26.4. The van der Waals surface area contributed by atoms with Gasteiger partial charge in [0.05, 0.1) is 12.0 Å². The number of hydrogen-bond donors (Lipinski definition) is 3. The van der Waals surface area contributed by atoms with E-state index < -0.39 is 24.0 Å². The number of carboxylic acids is 1. The largest absolute Gasteiger partial charge is 0.489 e. The fourth-order valence-electron chi connectivity index (χ4n) is 3.51. The second kappa shape index (κ2) is 11.3. The molecule has 3 unspecified atom stereocenters. The van der Waals surface area contributed by atoms with E-state index in [0.29, 0.717) is 19.4 Å². The van der Waals surface area contributed by atoms with Gasteiger partial charge in [-0.2, -0.15) is 0 Å². The lowest BCUT2D eigenvalue weighted by atomic mass is 9.90. The Hall–Kier alpha value is -3.15. The molecule has 3 aromatic rings. The Morgan fingerprint density at radius 1 is 0.806 bits per heavy atom. The maximum Gasteiger partial charge on any atom is 0.306 e. The lowest BCUT2D eigenvalue weighted by Gasteiger charge is -2.22. The molecular weight excluding hydrogens is 390 g/mol. The highest BCUT2D eigenvalue weighted by Gasteiger charge is 2.25. The minimum Gasteiger partial charge on any atom is -0.489 e. The highest BCUT2D eigenvalue weighted by molar-refractivity contribution is 5.70. The average Bonchev–Trinajstić information content (AvgIpc) is 2.79. The number of ether oxygens (including phenoxy) is 1. The third kappa shape index (κ3) is 7.24. The molecule has 3 atom stereocenters. The maximum absolute atomic E-state index is 11.8. The Morgan fingerprint density at radius 2 is 1.35 bits per heavy atom. The monoisotopic (exact) mass is 419 g/mol. The molecule has 5 heteroatoms. The van der Waals surface area contributed by atoms with Crippen LogP contribution >= 0.6 is 0 Å². The molecule has 0 saturated heterocycles. The zero-order valence-corrected chi connectivity index (χ0v) is 17.4. The molecule has 5 nitrogen and oxygen atoms in total. The van der Waals surface area contributed by atoms with Crippen LogP contribution in [0.2, 0.25) is 0 Å². The highest BCUT2D eigenvalue weighted by Crippen LogP contribution is 2.20. The average molecular weight is 420 g/mol. The van der Waals surface area contributed by atoms with Crippen molar-refractivity contribution in [2.45, 2.75) is 38.0 Å². The minimum atomic E-state index is -0.935. The third-order valence-corrected chi connectivity index (χ3v) is 5.34. The summed E-state index contributed by atoms with van der Waals surface area (Å²) < 4.78 is 5.78. The van der Waals surface area contributed by atoms with E-state index in [1.165, 1.54) is 0 Å². The van der Waals surface area contributed by atoms with Gasteiger partial charge in [-0.25, -0.2) is 0 Å². The van der Waals surface area contributed by atoms with Crippen molar-refractivity contribution in [2.24, 2.45) is 11.7 Å². The summed E-state index contributed by atoms with van der Waals surface area (Å²) in [6.45, 7) is 0.476. The molecule has 0 aliphatic heterocycles. The normalized spacial score (nSPS) is 13.9. The van der Waals surface area contributed by atoms with E-state index in [9.17, 15) is 15.0 Å². The number of nitrogens with two attached hydrogens (primary N) is 1. The van der Waals surface area contributed by atoms with Crippen molar-refractivity contribution in [3.05, 3.63) is 102 Å². The predicted molar refractivity (Wildman–Crippen MR) is 121 cm³/mol. The first-order chi connectivity index (χ1) is 15.0. The van der Waals surface area contributed by atoms with Gasteiger partial charge in [0.2, 0.25) is 0 Å². The third-order valence-electron chi connectivity index (χ3n) is 5.34. The molecule has 0 aliphatic carbocycles. The topological polar surface area (TPSA) is 92.8 Å². The van der Waals surface area contributed by atoms with E-state index in [-0.39, 0.29) is 6.42 Å². The first kappa shape index (κ1) is 22.5. The zero-order chi connectivity index (χ0) is 22.1. The molecule has 0 heterocycles. The molecule has 0 bridgehead atoms. The quantitative estimate of drug-likeness (QED) is 0.439. The Balaban J connectivity index is 1.53. The first-order valence-corrected chi connectivity index (χ1v) is 10.5. The summed E-state index contributed by atoms with van der Waals surface area (Å²) in [5.74, 6) is -0.923. The van der Waals surface area contributed by atoms with Crippen LogP contribution in [0, 0.1) is 5.92 Å². The molecule has 0 saturated carbocycles. The van der Waals surface area contributed by atoms with E-state index in [1.54, 1.807) is 0 Å². The van der Waals surface area contributed by atoms with E-state index in [1.807, 2.05) is 84.9 Å². The van der Waals surface area contributed by atoms with Gasteiger partial charge in [-0.15, -0.1) is 0 Å². The Morgan fingerprint density at radius 3 is 1.94 bits per heavy atom. The van der Waals surface area contributed by atoms with Crippen molar-refractivity contribution in [3.8, 4) is 5.75 Å². The maximum atomic E-state index is 11.8. The molecule has 0 aliphatic rings. The fourth-order valence-corrected chi connectivity index (χ4v) is 3.51. The number of aliphatic hydroxyl groups excluding tert-OH is 1. The number of benzene rings is 3. The van der Waals surface area contributed by atoms with E-state index >= 15 is 0 Å². The molecule has 0 amide bonds. The van der Waals surface area contributed by atoms with Crippen molar-refractivity contribution in [1.82, 2.24) is 0 Å². The molecular formula is C26H29NO4. The number of rotatable bonds is 11. The van der Waals surface area contributed by atoms with E-state index in [0.717, 1.165) is 22.4 Å². The first-order valence-electron chi connectivity index (χ1n) is 10.5. The van der Waals surface area contributed by atoms with Crippen molar-refractivity contribution in [2.75, 3.05) is 0 Å². The van der Waals surface area contributed by atoms with Crippen LogP contribution in [-0.4, -0.2) is 28.3 Å². The molecule has 3 rings (SSSR count). The fraction of sp³-hybridized carbons (Fsp3) is 0.269. The van der Waals surface area contributed by atoms with Gasteiger partial charge in [0.1, 0.15) is 12.4 Å². The highest BCUT2D eigenvalue weighted by atomic mass is 16.5. The minimum absolute atomic E-state index is 0.107. The number of aliphatic hydroxyl groups is 1. The Labute approximate surface area is 183 Å². The van der Waals surface area contributed by atoms with Crippen LogP contribution in [0.4, 0.5) is 0 Å². The summed E-state index contributed by atoms with van der Waals surface area (Å²) in [4.78, 5) is 11.8. The molecule has 31 heavy (non-hydrogen) atoms. The predicted octanol–water partition coefficient (Wildman–Crippen LogP) is 3.83. The Kier molecular flexibility index (Phi) is 8.21. The zero-order valence-electron chi connectivity index (χ0n) is 17.4. The number of hydrogen-bond acceptors (Lipinski definition) is 4. The van der Waals surface area contributed by atoms with Crippen LogP contribution < -0.4 is 10.5 Å². The van der Waals surface area contributed by atoms with Crippen LogP contribution in [0.25, 0.3) is 0 Å². The second-order valence-corrected chi connectivity index (χ2v) is 7.81. The van der Waals surface area contributed by atoms with Gasteiger partial charge in [-0.1, -0.05) is 72.8 Å². The van der Waals surface area contributed by atoms with Crippen molar-refractivity contribution >= 4 is 5.97 Å². The smallest absolute Gasteiger partial charge is 0.306 e. The van der Waals surface area contributed by atoms with Crippen LogP contribution in [-0.2, 0) is 24.2 Å². The number of aliphatic carboxylic acids is 1. The van der Waals surface area contributed by atoms with E-state index in [2.05, 4.69) is 0 Å². The standard InChI is InChI=1S/C26H29NO4/c27-24(16-19-7-3-1-4-8-19)25(28)17-22(26(29)30)15-20-11-13-23(14-12-20)31-18-21-9-5-2-6-10-21/h1-14,22,24-25,28H,15-18,27H2,(H,29,30). The second-order valence-electron chi connectivity index (χ2n) is 7.81. The van der Waals surface area contributed by atoms with Crippen molar-refractivity contribution in [1.29, 1.82) is 0 Å². The number of carbonyl (C=O) groups is 1. The summed E-state index contributed by atoms with van der Waals surface area (Å²) in [7, 11) is 0. The van der Waals surface area contributed by atoms with Gasteiger partial charge in [-0.05, 0) is 48.1 Å². The number of carboxylic acid groups (broad SMARTS) is 1. The van der Waals surface area contributed by atoms with Gasteiger partial charge in [0.25, 0.3) is 0 Å². The summed E-state index contributed by atoms with van der Waals surface area (Å²) >= 11 is 0. The van der Waals surface area contributed by atoms with Gasteiger partial charge in [0.15, 0.2) is 0 Å².